The summed E-state index contributed by atoms with van der Waals surface area (Å²) in [6.07, 6.45) is 2.99. The van der Waals surface area contributed by atoms with Gasteiger partial charge >= 0.3 is 0 Å². The van der Waals surface area contributed by atoms with E-state index in [1.807, 2.05) is 12.1 Å². The molecule has 0 aliphatic carbocycles. The quantitative estimate of drug-likeness (QED) is 0.433. The zero-order chi connectivity index (χ0) is 21.3. The van der Waals surface area contributed by atoms with Crippen molar-refractivity contribution in [3.63, 3.8) is 0 Å². The lowest BCUT2D eigenvalue weighted by molar-refractivity contribution is -0.00154. The fourth-order valence-corrected chi connectivity index (χ4v) is 6.08. The first kappa shape index (κ1) is 20.1. The standard InChI is InChI=1S/C23H20N2O4S2/c26-31(27,19-7-5-17(6-8-19)29-18-9-11-24-12-10-18)25-13-14-28-22(15-25)21-16-30-23-4-2-1-3-20(21)23/h1-12,16,22H,13-15H2/t22-/m0/s1. The predicted molar refractivity (Wildman–Crippen MR) is 120 cm³/mol. The Morgan fingerprint density at radius 2 is 1.74 bits per heavy atom. The molecule has 4 aromatic rings. The second-order valence-corrected chi connectivity index (χ2v) is 10.0. The Balaban J connectivity index is 1.35. The third-order valence-electron chi connectivity index (χ3n) is 5.23. The molecule has 0 bridgehead atoms. The van der Waals surface area contributed by atoms with Crippen molar-refractivity contribution in [1.29, 1.82) is 0 Å². The fraction of sp³-hybridized carbons (Fsp3) is 0.174. The molecule has 0 N–H and O–H groups in total. The summed E-state index contributed by atoms with van der Waals surface area (Å²) in [6, 6.07) is 18.1. The highest BCUT2D eigenvalue weighted by molar-refractivity contribution is 7.89. The smallest absolute Gasteiger partial charge is 0.243 e. The van der Waals surface area contributed by atoms with E-state index >= 15 is 0 Å². The summed E-state index contributed by atoms with van der Waals surface area (Å²) in [7, 11) is -3.64. The number of hydrogen-bond donors (Lipinski definition) is 0. The van der Waals surface area contributed by atoms with Crippen LogP contribution >= 0.6 is 11.3 Å². The van der Waals surface area contributed by atoms with Gasteiger partial charge in [0.2, 0.25) is 10.0 Å². The number of hydrogen-bond acceptors (Lipinski definition) is 6. The molecule has 2 aromatic carbocycles. The number of pyridine rings is 1. The number of morpholine rings is 1. The Labute approximate surface area is 184 Å². The molecule has 8 heteroatoms. The van der Waals surface area contributed by atoms with Crippen LogP contribution in [-0.2, 0) is 14.8 Å². The second kappa shape index (κ2) is 8.39. The van der Waals surface area contributed by atoms with Crippen molar-refractivity contribution in [3.05, 3.63) is 84.0 Å². The van der Waals surface area contributed by atoms with Gasteiger partial charge in [0.05, 0.1) is 17.6 Å². The summed E-state index contributed by atoms with van der Waals surface area (Å²) in [6.45, 7) is 0.978. The normalized spacial score (nSPS) is 17.6. The minimum absolute atomic E-state index is 0.241. The molecule has 1 aliphatic heterocycles. The molecule has 0 saturated carbocycles. The molecule has 1 aliphatic rings. The van der Waals surface area contributed by atoms with E-state index in [4.69, 9.17) is 9.47 Å². The van der Waals surface area contributed by atoms with Crippen molar-refractivity contribution in [2.45, 2.75) is 11.0 Å². The number of ether oxygens (including phenoxy) is 2. The highest BCUT2D eigenvalue weighted by Crippen LogP contribution is 2.35. The minimum atomic E-state index is -3.64. The van der Waals surface area contributed by atoms with Crippen LogP contribution in [0.5, 0.6) is 11.5 Å². The van der Waals surface area contributed by atoms with Crippen LogP contribution in [0.15, 0.2) is 83.3 Å². The highest BCUT2D eigenvalue weighted by Gasteiger charge is 2.32. The van der Waals surface area contributed by atoms with Crippen molar-refractivity contribution in [3.8, 4) is 11.5 Å². The maximum absolute atomic E-state index is 13.3. The molecule has 2 aromatic heterocycles. The zero-order valence-electron chi connectivity index (χ0n) is 16.5. The van der Waals surface area contributed by atoms with Gasteiger partial charge in [-0.25, -0.2) is 8.42 Å². The van der Waals surface area contributed by atoms with Gasteiger partial charge in [-0.3, -0.25) is 4.98 Å². The Morgan fingerprint density at radius 3 is 2.55 bits per heavy atom. The number of benzene rings is 2. The molecule has 0 radical (unpaired) electrons. The van der Waals surface area contributed by atoms with Gasteiger partial charge in [-0.1, -0.05) is 18.2 Å². The van der Waals surface area contributed by atoms with E-state index in [0.29, 0.717) is 31.2 Å². The van der Waals surface area contributed by atoms with Gasteiger partial charge < -0.3 is 9.47 Å². The average Bonchev–Trinajstić information content (AvgIpc) is 3.24. The Bertz CT molecular complexity index is 1290. The molecule has 1 fully saturated rings. The van der Waals surface area contributed by atoms with Gasteiger partial charge in [0, 0.05) is 35.7 Å². The molecule has 0 unspecified atom stereocenters. The fourth-order valence-electron chi connectivity index (χ4n) is 3.65. The highest BCUT2D eigenvalue weighted by atomic mass is 32.2. The van der Waals surface area contributed by atoms with E-state index in [9.17, 15) is 8.42 Å². The minimum Gasteiger partial charge on any atom is -0.457 e. The average molecular weight is 453 g/mol. The van der Waals surface area contributed by atoms with E-state index in [-0.39, 0.29) is 11.0 Å². The predicted octanol–water partition coefficient (Wildman–Crippen LogP) is 4.85. The first-order chi connectivity index (χ1) is 15.1. The van der Waals surface area contributed by atoms with Crippen LogP contribution in [0.3, 0.4) is 0 Å². The molecular formula is C23H20N2O4S2. The molecule has 158 valence electrons. The number of rotatable bonds is 5. The van der Waals surface area contributed by atoms with Crippen molar-refractivity contribution in [1.82, 2.24) is 9.29 Å². The van der Waals surface area contributed by atoms with Gasteiger partial charge in [0.25, 0.3) is 0 Å². The van der Waals surface area contributed by atoms with Crippen LogP contribution in [-0.4, -0.2) is 37.4 Å². The maximum Gasteiger partial charge on any atom is 0.243 e. The molecule has 0 amide bonds. The maximum atomic E-state index is 13.3. The van der Waals surface area contributed by atoms with Gasteiger partial charge in [-0.2, -0.15) is 4.31 Å². The summed E-state index contributed by atoms with van der Waals surface area (Å²) in [5.74, 6) is 1.21. The summed E-state index contributed by atoms with van der Waals surface area (Å²) in [4.78, 5) is 4.19. The van der Waals surface area contributed by atoms with Crippen molar-refractivity contribution < 1.29 is 17.9 Å². The molecule has 1 saturated heterocycles. The van der Waals surface area contributed by atoms with Crippen LogP contribution in [0.2, 0.25) is 0 Å². The van der Waals surface area contributed by atoms with Gasteiger partial charge in [-0.05, 0) is 53.2 Å². The lowest BCUT2D eigenvalue weighted by Crippen LogP contribution is -2.42. The third kappa shape index (κ3) is 4.07. The van der Waals surface area contributed by atoms with Gasteiger partial charge in [0.1, 0.15) is 11.5 Å². The summed E-state index contributed by atoms with van der Waals surface area (Å²) in [5, 5.41) is 3.19. The number of nitrogens with zero attached hydrogens (tertiary/aromatic N) is 2. The summed E-state index contributed by atoms with van der Waals surface area (Å²) < 4.78 is 40.9. The molecule has 1 atom stereocenters. The van der Waals surface area contributed by atoms with Gasteiger partial charge in [-0.15, -0.1) is 11.3 Å². The van der Waals surface area contributed by atoms with Gasteiger partial charge in [0.15, 0.2) is 0 Å². The monoisotopic (exact) mass is 452 g/mol. The summed E-state index contributed by atoms with van der Waals surface area (Å²) in [5.41, 5.74) is 1.04. The van der Waals surface area contributed by atoms with Crippen molar-refractivity contribution in [2.75, 3.05) is 19.7 Å². The number of sulfonamides is 1. The van der Waals surface area contributed by atoms with Crippen LogP contribution in [0.1, 0.15) is 11.7 Å². The first-order valence-corrected chi connectivity index (χ1v) is 12.2. The van der Waals surface area contributed by atoms with Crippen LogP contribution in [0, 0.1) is 0 Å². The number of fused-ring (bicyclic) bond motifs is 1. The van der Waals surface area contributed by atoms with Crippen LogP contribution in [0.25, 0.3) is 10.1 Å². The third-order valence-corrected chi connectivity index (χ3v) is 8.10. The zero-order valence-corrected chi connectivity index (χ0v) is 18.2. The number of thiophene rings is 1. The van der Waals surface area contributed by atoms with E-state index in [2.05, 4.69) is 22.5 Å². The lowest BCUT2D eigenvalue weighted by atomic mass is 10.1. The molecule has 0 spiro atoms. The van der Waals surface area contributed by atoms with Crippen LogP contribution in [0.4, 0.5) is 0 Å². The van der Waals surface area contributed by atoms with Crippen molar-refractivity contribution in [2.24, 2.45) is 0 Å². The van der Waals surface area contributed by atoms with E-state index < -0.39 is 10.0 Å². The molecule has 5 rings (SSSR count). The Morgan fingerprint density at radius 1 is 1.00 bits per heavy atom. The molecule has 31 heavy (non-hydrogen) atoms. The lowest BCUT2D eigenvalue weighted by Gasteiger charge is -2.32. The SMILES string of the molecule is O=S(=O)(c1ccc(Oc2ccncc2)cc1)N1CCO[C@H](c2csc3ccccc23)C1. The van der Waals surface area contributed by atoms with Crippen LogP contribution < -0.4 is 4.74 Å². The number of aromatic nitrogens is 1. The molecular weight excluding hydrogens is 432 g/mol. The largest absolute Gasteiger partial charge is 0.457 e. The van der Waals surface area contributed by atoms with E-state index in [1.165, 1.54) is 9.01 Å². The molecule has 6 nitrogen and oxygen atoms in total. The Hall–Kier alpha value is -2.78. The Kier molecular flexibility index (Phi) is 5.45. The van der Waals surface area contributed by atoms with E-state index in [0.717, 1.165) is 10.9 Å². The first-order valence-electron chi connectivity index (χ1n) is 9.87. The topological polar surface area (TPSA) is 68.7 Å². The van der Waals surface area contributed by atoms with Crippen molar-refractivity contribution >= 4 is 31.4 Å². The molecule has 3 heterocycles. The summed E-state index contributed by atoms with van der Waals surface area (Å²) >= 11 is 1.65. The second-order valence-electron chi connectivity index (χ2n) is 7.17. The van der Waals surface area contributed by atoms with E-state index in [1.54, 1.807) is 60.1 Å².